The minimum Gasteiger partial charge on any atom is -0.481 e. The third-order valence-corrected chi connectivity index (χ3v) is 3.65. The van der Waals surface area contributed by atoms with Crippen molar-refractivity contribution in [3.05, 3.63) is 36.5 Å². The molecule has 0 bridgehead atoms. The number of ether oxygens (including phenoxy) is 1. The lowest BCUT2D eigenvalue weighted by molar-refractivity contribution is -0.148. The van der Waals surface area contributed by atoms with Gasteiger partial charge >= 0.3 is 11.9 Å². The largest absolute Gasteiger partial charge is 0.481 e. The van der Waals surface area contributed by atoms with Crippen LogP contribution >= 0.6 is 0 Å². The summed E-state index contributed by atoms with van der Waals surface area (Å²) in [5, 5.41) is 18.6. The standard InChI is InChI=1S/C14H16O5/c1-2-4-14(13(17)18)5-3-9(12(15)16)6-10(14)7-11-8-19-11/h2-3,5-6,10-11H,1,4,7-8H2,(H,15,16)(H,17,18). The van der Waals surface area contributed by atoms with Gasteiger partial charge in [-0.1, -0.05) is 24.3 Å². The molecule has 1 heterocycles. The van der Waals surface area contributed by atoms with Crippen LogP contribution in [-0.2, 0) is 14.3 Å². The van der Waals surface area contributed by atoms with Crippen LogP contribution in [0.25, 0.3) is 0 Å². The maximum atomic E-state index is 11.6. The highest BCUT2D eigenvalue weighted by Crippen LogP contribution is 2.43. The Morgan fingerprint density at radius 3 is 2.68 bits per heavy atom. The Balaban J connectivity index is 2.35. The van der Waals surface area contributed by atoms with Crippen LogP contribution in [-0.4, -0.2) is 34.9 Å². The van der Waals surface area contributed by atoms with Crippen molar-refractivity contribution >= 4 is 11.9 Å². The van der Waals surface area contributed by atoms with E-state index in [1.54, 1.807) is 6.08 Å². The molecule has 3 unspecified atom stereocenters. The number of carbonyl (C=O) groups is 2. The molecule has 19 heavy (non-hydrogen) atoms. The summed E-state index contributed by atoms with van der Waals surface area (Å²) in [5.74, 6) is -2.41. The maximum Gasteiger partial charge on any atom is 0.335 e. The van der Waals surface area contributed by atoms with Crippen LogP contribution in [0.15, 0.2) is 36.5 Å². The summed E-state index contributed by atoms with van der Waals surface area (Å²) in [6.45, 7) is 4.21. The van der Waals surface area contributed by atoms with E-state index in [-0.39, 0.29) is 18.1 Å². The van der Waals surface area contributed by atoms with E-state index >= 15 is 0 Å². The van der Waals surface area contributed by atoms with Crippen LogP contribution in [0.3, 0.4) is 0 Å². The first kappa shape index (κ1) is 13.5. The third kappa shape index (κ3) is 2.61. The van der Waals surface area contributed by atoms with Gasteiger partial charge in [-0.3, -0.25) is 4.79 Å². The van der Waals surface area contributed by atoms with Gasteiger partial charge in [0, 0.05) is 5.92 Å². The van der Waals surface area contributed by atoms with E-state index in [1.165, 1.54) is 18.2 Å². The molecular weight excluding hydrogens is 248 g/mol. The molecule has 1 aliphatic carbocycles. The number of carboxylic acid groups (broad SMARTS) is 2. The summed E-state index contributed by atoms with van der Waals surface area (Å²) in [6.07, 6.45) is 6.74. The van der Waals surface area contributed by atoms with E-state index < -0.39 is 23.3 Å². The molecule has 1 aliphatic heterocycles. The van der Waals surface area contributed by atoms with Gasteiger partial charge in [0.2, 0.25) is 0 Å². The van der Waals surface area contributed by atoms with Crippen molar-refractivity contribution in [2.45, 2.75) is 18.9 Å². The van der Waals surface area contributed by atoms with E-state index in [4.69, 9.17) is 9.84 Å². The maximum absolute atomic E-state index is 11.6. The average Bonchev–Trinajstić information content (AvgIpc) is 3.15. The Kier molecular flexibility index (Phi) is 3.57. The second kappa shape index (κ2) is 5.01. The Morgan fingerprint density at radius 2 is 2.21 bits per heavy atom. The van der Waals surface area contributed by atoms with Gasteiger partial charge in [-0.2, -0.15) is 0 Å². The normalized spacial score (nSPS) is 32.5. The van der Waals surface area contributed by atoms with Crippen molar-refractivity contribution in [1.29, 1.82) is 0 Å². The second-order valence-electron chi connectivity index (χ2n) is 4.90. The fourth-order valence-corrected chi connectivity index (χ4v) is 2.47. The first-order valence-corrected chi connectivity index (χ1v) is 6.10. The highest BCUT2D eigenvalue weighted by atomic mass is 16.6. The molecule has 102 valence electrons. The Hall–Kier alpha value is -1.88. The SMILES string of the molecule is C=CCC1(C(=O)O)C=CC(C(=O)O)=CC1CC1CO1. The van der Waals surface area contributed by atoms with E-state index in [1.807, 2.05) is 0 Å². The molecule has 0 radical (unpaired) electrons. The summed E-state index contributed by atoms with van der Waals surface area (Å²) in [5.41, 5.74) is -0.987. The first-order chi connectivity index (χ1) is 8.99. The third-order valence-electron chi connectivity index (χ3n) is 3.65. The average molecular weight is 264 g/mol. The van der Waals surface area contributed by atoms with Crippen LogP contribution in [0.4, 0.5) is 0 Å². The zero-order valence-electron chi connectivity index (χ0n) is 10.4. The van der Waals surface area contributed by atoms with Crippen LogP contribution < -0.4 is 0 Å². The van der Waals surface area contributed by atoms with E-state index in [0.717, 1.165) is 0 Å². The van der Waals surface area contributed by atoms with Gasteiger partial charge in [0.05, 0.1) is 23.7 Å². The van der Waals surface area contributed by atoms with Crippen molar-refractivity contribution in [3.63, 3.8) is 0 Å². The fraction of sp³-hybridized carbons (Fsp3) is 0.429. The second-order valence-corrected chi connectivity index (χ2v) is 4.90. The highest BCUT2D eigenvalue weighted by molar-refractivity contribution is 5.91. The Morgan fingerprint density at radius 1 is 1.53 bits per heavy atom. The number of hydrogen-bond donors (Lipinski definition) is 2. The van der Waals surface area contributed by atoms with Crippen molar-refractivity contribution < 1.29 is 24.5 Å². The smallest absolute Gasteiger partial charge is 0.335 e. The van der Waals surface area contributed by atoms with Gasteiger partial charge in [-0.05, 0) is 12.8 Å². The number of rotatable bonds is 6. The highest BCUT2D eigenvalue weighted by Gasteiger charge is 2.46. The summed E-state index contributed by atoms with van der Waals surface area (Å²) < 4.78 is 5.14. The molecule has 0 aromatic heterocycles. The van der Waals surface area contributed by atoms with Crippen LogP contribution in [0.1, 0.15) is 12.8 Å². The molecule has 0 saturated carbocycles. The summed E-state index contributed by atoms with van der Waals surface area (Å²) >= 11 is 0. The Labute approximate surface area is 110 Å². The molecule has 2 aliphatic rings. The van der Waals surface area contributed by atoms with Crippen molar-refractivity contribution in [1.82, 2.24) is 0 Å². The van der Waals surface area contributed by atoms with E-state index in [0.29, 0.717) is 13.0 Å². The topological polar surface area (TPSA) is 87.1 Å². The molecule has 3 atom stereocenters. The molecule has 5 nitrogen and oxygen atoms in total. The molecule has 0 spiro atoms. The molecule has 2 rings (SSSR count). The number of hydrogen-bond acceptors (Lipinski definition) is 3. The Bertz CT molecular complexity index is 472. The van der Waals surface area contributed by atoms with Crippen LogP contribution in [0.2, 0.25) is 0 Å². The molecule has 5 heteroatoms. The monoisotopic (exact) mass is 264 g/mol. The van der Waals surface area contributed by atoms with Crippen molar-refractivity contribution in [2.75, 3.05) is 6.61 Å². The lowest BCUT2D eigenvalue weighted by Gasteiger charge is -2.34. The van der Waals surface area contributed by atoms with Gasteiger partial charge < -0.3 is 14.9 Å². The summed E-state index contributed by atoms with van der Waals surface area (Å²) in [6, 6.07) is 0. The molecule has 0 aromatic rings. The lowest BCUT2D eigenvalue weighted by Crippen LogP contribution is -2.38. The zero-order chi connectivity index (χ0) is 14.0. The van der Waals surface area contributed by atoms with Crippen LogP contribution in [0.5, 0.6) is 0 Å². The van der Waals surface area contributed by atoms with Gasteiger partial charge in [-0.25, -0.2) is 4.79 Å². The predicted octanol–water partition coefficient (Wildman–Crippen LogP) is 1.62. The molecule has 2 N–H and O–H groups in total. The quantitative estimate of drug-likeness (QED) is 0.562. The summed E-state index contributed by atoms with van der Waals surface area (Å²) in [4.78, 5) is 22.7. The predicted molar refractivity (Wildman–Crippen MR) is 67.6 cm³/mol. The zero-order valence-corrected chi connectivity index (χ0v) is 10.4. The molecule has 0 aromatic carbocycles. The first-order valence-electron chi connectivity index (χ1n) is 6.10. The van der Waals surface area contributed by atoms with Gasteiger partial charge in [0.15, 0.2) is 0 Å². The van der Waals surface area contributed by atoms with Gasteiger partial charge in [0.25, 0.3) is 0 Å². The van der Waals surface area contributed by atoms with Crippen molar-refractivity contribution in [2.24, 2.45) is 11.3 Å². The summed E-state index contributed by atoms with van der Waals surface area (Å²) in [7, 11) is 0. The number of aliphatic carboxylic acids is 2. The minimum absolute atomic E-state index is 0.0336. The molecular formula is C14H16O5. The molecule has 1 fully saturated rings. The van der Waals surface area contributed by atoms with Crippen molar-refractivity contribution in [3.8, 4) is 0 Å². The number of allylic oxidation sites excluding steroid dienone is 2. The van der Waals surface area contributed by atoms with E-state index in [9.17, 15) is 14.7 Å². The number of epoxide rings is 1. The minimum atomic E-state index is -1.12. The van der Waals surface area contributed by atoms with Gasteiger partial charge in [0.1, 0.15) is 0 Å². The molecule has 0 amide bonds. The van der Waals surface area contributed by atoms with Crippen LogP contribution in [0, 0.1) is 11.3 Å². The lowest BCUT2D eigenvalue weighted by atomic mass is 9.67. The number of carboxylic acids is 2. The van der Waals surface area contributed by atoms with Gasteiger partial charge in [-0.15, -0.1) is 6.58 Å². The fourth-order valence-electron chi connectivity index (χ4n) is 2.47. The molecule has 1 saturated heterocycles. The van der Waals surface area contributed by atoms with E-state index in [2.05, 4.69) is 6.58 Å².